The molecule has 2 aliphatic rings. The van der Waals surface area contributed by atoms with Crippen molar-refractivity contribution in [2.24, 2.45) is 5.73 Å². The number of rotatable bonds is 5. The molecule has 104 valence electrons. The highest BCUT2D eigenvalue weighted by molar-refractivity contribution is 5.85. The zero-order valence-corrected chi connectivity index (χ0v) is 11.2. The van der Waals surface area contributed by atoms with Gasteiger partial charge in [0.15, 0.2) is 0 Å². The molecule has 0 aromatic carbocycles. The molecule has 3 N–H and O–H groups in total. The van der Waals surface area contributed by atoms with Crippen LogP contribution in [0.1, 0.15) is 19.3 Å². The molecule has 2 rings (SSSR count). The SMILES string of the molecule is COCC(N)C(=O)NC1CC(=O)N(C2CC2)C1.Cl. The average molecular weight is 278 g/mol. The first-order valence-corrected chi connectivity index (χ1v) is 5.96. The molecule has 6 nitrogen and oxygen atoms in total. The van der Waals surface area contributed by atoms with E-state index in [0.717, 1.165) is 12.8 Å². The molecule has 7 heteroatoms. The van der Waals surface area contributed by atoms with Crippen LogP contribution in [-0.4, -0.2) is 55.1 Å². The summed E-state index contributed by atoms with van der Waals surface area (Å²) in [5.41, 5.74) is 5.61. The molecule has 2 amide bonds. The van der Waals surface area contributed by atoms with Crippen LogP contribution in [0.2, 0.25) is 0 Å². The molecule has 2 unspecified atom stereocenters. The third-order valence-electron chi connectivity index (χ3n) is 3.18. The number of nitrogens with two attached hydrogens (primary N) is 1. The highest BCUT2D eigenvalue weighted by Crippen LogP contribution is 2.30. The van der Waals surface area contributed by atoms with Gasteiger partial charge in [0.05, 0.1) is 12.6 Å². The molecular formula is C11H20ClN3O3. The van der Waals surface area contributed by atoms with Gasteiger partial charge in [-0.2, -0.15) is 0 Å². The molecule has 0 radical (unpaired) electrons. The van der Waals surface area contributed by atoms with E-state index in [9.17, 15) is 9.59 Å². The Bertz CT molecular complexity index is 323. The Kier molecular flexibility index (Phi) is 5.37. The van der Waals surface area contributed by atoms with Crippen LogP contribution >= 0.6 is 12.4 Å². The molecule has 1 aliphatic heterocycles. The molecule has 0 aromatic heterocycles. The molecular weight excluding hydrogens is 258 g/mol. The number of carbonyl (C=O) groups excluding carboxylic acids is 2. The van der Waals surface area contributed by atoms with Crippen molar-refractivity contribution in [1.82, 2.24) is 10.2 Å². The molecule has 1 heterocycles. The topological polar surface area (TPSA) is 84.7 Å². The van der Waals surface area contributed by atoms with Crippen LogP contribution in [0.25, 0.3) is 0 Å². The summed E-state index contributed by atoms with van der Waals surface area (Å²) in [6.45, 7) is 0.813. The monoisotopic (exact) mass is 277 g/mol. The fourth-order valence-electron chi connectivity index (χ4n) is 2.13. The molecule has 0 spiro atoms. The zero-order chi connectivity index (χ0) is 12.4. The first kappa shape index (κ1) is 15.2. The zero-order valence-electron chi connectivity index (χ0n) is 10.4. The maximum Gasteiger partial charge on any atom is 0.239 e. The number of carbonyl (C=O) groups is 2. The van der Waals surface area contributed by atoms with Crippen LogP contribution in [0, 0.1) is 0 Å². The summed E-state index contributed by atoms with van der Waals surface area (Å²) in [5.74, 6) is -0.111. The van der Waals surface area contributed by atoms with Gasteiger partial charge in [0.1, 0.15) is 6.04 Å². The van der Waals surface area contributed by atoms with Gasteiger partial charge in [-0.05, 0) is 12.8 Å². The van der Waals surface area contributed by atoms with Crippen molar-refractivity contribution in [1.29, 1.82) is 0 Å². The van der Waals surface area contributed by atoms with Gasteiger partial charge < -0.3 is 20.7 Å². The van der Waals surface area contributed by atoms with Crippen LogP contribution in [0.4, 0.5) is 0 Å². The van der Waals surface area contributed by atoms with Crippen molar-refractivity contribution in [2.45, 2.75) is 37.4 Å². The Morgan fingerprint density at radius 2 is 2.28 bits per heavy atom. The lowest BCUT2D eigenvalue weighted by molar-refractivity contribution is -0.128. The van der Waals surface area contributed by atoms with E-state index >= 15 is 0 Å². The number of nitrogens with one attached hydrogen (secondary N) is 1. The second kappa shape index (κ2) is 6.36. The van der Waals surface area contributed by atoms with E-state index in [0.29, 0.717) is 19.0 Å². The Hall–Kier alpha value is -0.850. The highest BCUT2D eigenvalue weighted by atomic mass is 35.5. The van der Waals surface area contributed by atoms with Crippen molar-refractivity contribution in [3.05, 3.63) is 0 Å². The van der Waals surface area contributed by atoms with E-state index in [2.05, 4.69) is 5.32 Å². The van der Waals surface area contributed by atoms with Crippen molar-refractivity contribution < 1.29 is 14.3 Å². The number of likely N-dealkylation sites (tertiary alicyclic amines) is 1. The molecule has 18 heavy (non-hydrogen) atoms. The number of hydrogen-bond acceptors (Lipinski definition) is 4. The summed E-state index contributed by atoms with van der Waals surface area (Å²) in [6, 6.07) is -0.347. The number of hydrogen-bond donors (Lipinski definition) is 2. The first-order chi connectivity index (χ1) is 8.11. The number of nitrogens with zero attached hydrogens (tertiary/aromatic N) is 1. The number of amides is 2. The van der Waals surface area contributed by atoms with Gasteiger partial charge in [-0.25, -0.2) is 0 Å². The van der Waals surface area contributed by atoms with Gasteiger partial charge in [0.25, 0.3) is 0 Å². The Morgan fingerprint density at radius 1 is 1.61 bits per heavy atom. The fourth-order valence-corrected chi connectivity index (χ4v) is 2.13. The quantitative estimate of drug-likeness (QED) is 0.693. The minimum absolute atomic E-state index is 0. The molecule has 0 aromatic rings. The van der Waals surface area contributed by atoms with Gasteiger partial charge in [0.2, 0.25) is 11.8 Å². The van der Waals surface area contributed by atoms with Gasteiger partial charge in [-0.3, -0.25) is 9.59 Å². The van der Waals surface area contributed by atoms with Gasteiger partial charge in [0, 0.05) is 26.1 Å². The number of methoxy groups -OCH3 is 1. The van der Waals surface area contributed by atoms with Crippen LogP contribution < -0.4 is 11.1 Å². The van der Waals surface area contributed by atoms with E-state index < -0.39 is 6.04 Å². The van der Waals surface area contributed by atoms with E-state index in [-0.39, 0.29) is 36.9 Å². The highest BCUT2D eigenvalue weighted by Gasteiger charge is 2.39. The smallest absolute Gasteiger partial charge is 0.239 e. The average Bonchev–Trinajstić information content (AvgIpc) is 3.04. The summed E-state index contributed by atoms with van der Waals surface area (Å²) in [5, 5.41) is 2.80. The minimum atomic E-state index is -0.662. The lowest BCUT2D eigenvalue weighted by Gasteiger charge is -2.17. The Morgan fingerprint density at radius 3 is 2.83 bits per heavy atom. The minimum Gasteiger partial charge on any atom is -0.383 e. The van der Waals surface area contributed by atoms with Crippen molar-refractivity contribution in [3.8, 4) is 0 Å². The summed E-state index contributed by atoms with van der Waals surface area (Å²) in [6.07, 6.45) is 2.58. The summed E-state index contributed by atoms with van der Waals surface area (Å²) in [4.78, 5) is 25.2. The lowest BCUT2D eigenvalue weighted by atomic mass is 10.2. The van der Waals surface area contributed by atoms with Gasteiger partial charge >= 0.3 is 0 Å². The maximum atomic E-state index is 11.7. The molecule has 1 saturated heterocycles. The predicted octanol–water partition coefficient (Wildman–Crippen LogP) is -0.739. The predicted molar refractivity (Wildman–Crippen MR) is 68.4 cm³/mol. The molecule has 2 fully saturated rings. The van der Waals surface area contributed by atoms with Gasteiger partial charge in [-0.1, -0.05) is 0 Å². The summed E-state index contributed by atoms with van der Waals surface area (Å²) < 4.78 is 4.82. The third-order valence-corrected chi connectivity index (χ3v) is 3.18. The number of halogens is 1. The van der Waals surface area contributed by atoms with Gasteiger partial charge in [-0.15, -0.1) is 12.4 Å². The second-order valence-electron chi connectivity index (χ2n) is 4.75. The third kappa shape index (κ3) is 3.57. The standard InChI is InChI=1S/C11H19N3O3.ClH/c1-17-6-9(12)11(16)13-7-4-10(15)14(5-7)8-2-3-8;/h7-9H,2-6,12H2,1H3,(H,13,16);1H. The Balaban J connectivity index is 0.00000162. The van der Waals surface area contributed by atoms with E-state index in [1.54, 1.807) is 0 Å². The van der Waals surface area contributed by atoms with Crippen molar-refractivity contribution in [3.63, 3.8) is 0 Å². The molecule has 0 bridgehead atoms. The van der Waals surface area contributed by atoms with Crippen molar-refractivity contribution in [2.75, 3.05) is 20.3 Å². The Labute approximate surface area is 113 Å². The fraction of sp³-hybridized carbons (Fsp3) is 0.818. The van der Waals surface area contributed by atoms with Crippen LogP contribution in [0.3, 0.4) is 0 Å². The van der Waals surface area contributed by atoms with E-state index in [4.69, 9.17) is 10.5 Å². The van der Waals surface area contributed by atoms with Crippen LogP contribution in [0.15, 0.2) is 0 Å². The van der Waals surface area contributed by atoms with Crippen molar-refractivity contribution >= 4 is 24.2 Å². The van der Waals surface area contributed by atoms with Crippen LogP contribution in [0.5, 0.6) is 0 Å². The lowest BCUT2D eigenvalue weighted by Crippen LogP contribution is -2.48. The normalized spacial score (nSPS) is 24.7. The summed E-state index contributed by atoms with van der Waals surface area (Å²) >= 11 is 0. The first-order valence-electron chi connectivity index (χ1n) is 5.96. The van der Waals surface area contributed by atoms with E-state index in [1.807, 2.05) is 4.90 Å². The van der Waals surface area contributed by atoms with Crippen LogP contribution in [-0.2, 0) is 14.3 Å². The second-order valence-corrected chi connectivity index (χ2v) is 4.75. The maximum absolute atomic E-state index is 11.7. The molecule has 2 atom stereocenters. The van der Waals surface area contributed by atoms with E-state index in [1.165, 1.54) is 7.11 Å². The largest absolute Gasteiger partial charge is 0.383 e. The molecule has 1 aliphatic carbocycles. The summed E-state index contributed by atoms with van der Waals surface area (Å²) in [7, 11) is 1.50. The number of ether oxygens (including phenoxy) is 1. The molecule has 1 saturated carbocycles.